The molecule has 0 unspecified atom stereocenters. The number of anilines is 2. The minimum atomic E-state index is -0.595. The molecule has 2 aliphatic carbocycles. The number of hydrogen-bond donors (Lipinski definition) is 0. The largest absolute Gasteiger partial charge is 0.426 e. The fraction of sp³-hybridized carbons (Fsp3) is 0.333. The van der Waals surface area contributed by atoms with Gasteiger partial charge in [-0.2, -0.15) is 0 Å². The molecular formula is C27H23ClN2O5. The van der Waals surface area contributed by atoms with Crippen molar-refractivity contribution in [2.45, 2.75) is 19.8 Å². The van der Waals surface area contributed by atoms with Gasteiger partial charge in [-0.1, -0.05) is 23.8 Å². The van der Waals surface area contributed by atoms with Gasteiger partial charge in [-0.3, -0.25) is 19.2 Å². The maximum absolute atomic E-state index is 13.1. The lowest BCUT2D eigenvalue weighted by atomic mass is 9.85. The van der Waals surface area contributed by atoms with E-state index in [9.17, 15) is 19.2 Å². The molecule has 6 rings (SSSR count). The third-order valence-electron chi connectivity index (χ3n) is 7.69. The standard InChI is InChI=1S/C27H23ClN2O5/c1-14-10-20(35-27(34)17-12-22(31)29(13-17)19-6-4-18(28)5-7-19)8-9-21(14)30-25(32)23-15-2-3-16(11-15)24(23)26(30)33/h2-10,15-17,23-24H,11-13H2,1H3/t15-,16-,17-,23-,24+/m0/s1. The first kappa shape index (κ1) is 22.0. The van der Waals surface area contributed by atoms with E-state index in [2.05, 4.69) is 12.2 Å². The number of amides is 3. The molecule has 0 N–H and O–H groups in total. The molecule has 2 aromatic carbocycles. The number of esters is 1. The number of benzene rings is 2. The van der Waals surface area contributed by atoms with Gasteiger partial charge in [0.1, 0.15) is 5.75 Å². The van der Waals surface area contributed by atoms with E-state index in [1.807, 2.05) is 0 Å². The van der Waals surface area contributed by atoms with E-state index in [4.69, 9.17) is 16.3 Å². The van der Waals surface area contributed by atoms with Gasteiger partial charge in [-0.05, 0) is 73.2 Å². The molecule has 35 heavy (non-hydrogen) atoms. The molecule has 2 aliphatic heterocycles. The van der Waals surface area contributed by atoms with Crippen LogP contribution in [0.2, 0.25) is 5.02 Å². The maximum atomic E-state index is 13.1. The monoisotopic (exact) mass is 490 g/mol. The predicted molar refractivity (Wildman–Crippen MR) is 129 cm³/mol. The van der Waals surface area contributed by atoms with Crippen molar-refractivity contribution in [2.75, 3.05) is 16.3 Å². The van der Waals surface area contributed by atoms with Crippen molar-refractivity contribution in [3.63, 3.8) is 0 Å². The van der Waals surface area contributed by atoms with Crippen LogP contribution in [0.1, 0.15) is 18.4 Å². The van der Waals surface area contributed by atoms with Crippen molar-refractivity contribution in [1.82, 2.24) is 0 Å². The quantitative estimate of drug-likeness (QED) is 0.281. The van der Waals surface area contributed by atoms with E-state index in [0.717, 1.165) is 6.42 Å². The van der Waals surface area contributed by atoms with Crippen molar-refractivity contribution < 1.29 is 23.9 Å². The fourth-order valence-corrected chi connectivity index (χ4v) is 6.14. The molecule has 2 heterocycles. The van der Waals surface area contributed by atoms with Crippen LogP contribution >= 0.6 is 11.6 Å². The Morgan fingerprint density at radius 3 is 2.26 bits per heavy atom. The molecule has 2 bridgehead atoms. The zero-order valence-electron chi connectivity index (χ0n) is 19.0. The van der Waals surface area contributed by atoms with Gasteiger partial charge in [-0.15, -0.1) is 0 Å². The van der Waals surface area contributed by atoms with E-state index in [0.29, 0.717) is 27.7 Å². The SMILES string of the molecule is Cc1cc(OC(=O)[C@H]2CC(=O)N(c3ccc(Cl)cc3)C2)ccc1N1C(=O)[C@@H]2[C@H](C1=O)[C@H]1C=C[C@H]2C1. The lowest BCUT2D eigenvalue weighted by molar-refractivity contribution is -0.139. The molecule has 7 nitrogen and oxygen atoms in total. The Morgan fingerprint density at radius 1 is 0.971 bits per heavy atom. The minimum Gasteiger partial charge on any atom is -0.426 e. The molecule has 3 fully saturated rings. The highest BCUT2D eigenvalue weighted by molar-refractivity contribution is 6.30. The zero-order valence-corrected chi connectivity index (χ0v) is 19.8. The molecular weight excluding hydrogens is 468 g/mol. The molecule has 3 amide bonds. The van der Waals surface area contributed by atoms with Gasteiger partial charge in [0, 0.05) is 23.7 Å². The predicted octanol–water partition coefficient (Wildman–Crippen LogP) is 3.92. The highest BCUT2D eigenvalue weighted by Gasteiger charge is 2.59. The third kappa shape index (κ3) is 3.48. The second-order valence-electron chi connectivity index (χ2n) is 9.76. The van der Waals surface area contributed by atoms with E-state index >= 15 is 0 Å². The first-order valence-corrected chi connectivity index (χ1v) is 12.1. The lowest BCUT2D eigenvalue weighted by Crippen LogP contribution is -2.33. The average molecular weight is 491 g/mol. The number of halogens is 1. The number of ether oxygens (including phenoxy) is 1. The van der Waals surface area contributed by atoms with Gasteiger partial charge in [0.15, 0.2) is 0 Å². The summed E-state index contributed by atoms with van der Waals surface area (Å²) < 4.78 is 5.58. The van der Waals surface area contributed by atoms with Crippen LogP contribution in [0.4, 0.5) is 11.4 Å². The zero-order chi connectivity index (χ0) is 24.4. The van der Waals surface area contributed by atoms with Crippen LogP contribution in [0, 0.1) is 36.5 Å². The number of allylic oxidation sites excluding steroid dienone is 2. The number of aryl methyl sites for hydroxylation is 1. The number of rotatable bonds is 4. The molecule has 178 valence electrons. The topological polar surface area (TPSA) is 84.0 Å². The minimum absolute atomic E-state index is 0.0639. The summed E-state index contributed by atoms with van der Waals surface area (Å²) in [6.45, 7) is 2.02. The van der Waals surface area contributed by atoms with E-state index in [1.54, 1.807) is 54.3 Å². The summed E-state index contributed by atoms with van der Waals surface area (Å²) in [4.78, 5) is 54.4. The highest BCUT2D eigenvalue weighted by atomic mass is 35.5. The number of imide groups is 1. The van der Waals surface area contributed by atoms with E-state index < -0.39 is 11.9 Å². The van der Waals surface area contributed by atoms with Crippen molar-refractivity contribution in [2.24, 2.45) is 29.6 Å². The fourth-order valence-electron chi connectivity index (χ4n) is 6.02. The third-order valence-corrected chi connectivity index (χ3v) is 7.95. The van der Waals surface area contributed by atoms with Crippen LogP contribution in [-0.4, -0.2) is 30.2 Å². The number of carbonyl (C=O) groups is 4. The molecule has 2 aromatic rings. The van der Waals surface area contributed by atoms with Crippen molar-refractivity contribution in [3.8, 4) is 5.75 Å². The van der Waals surface area contributed by atoms with Crippen LogP contribution in [0.15, 0.2) is 54.6 Å². The van der Waals surface area contributed by atoms with Crippen LogP contribution in [0.3, 0.4) is 0 Å². The summed E-state index contributed by atoms with van der Waals surface area (Å²) in [6.07, 6.45) is 5.08. The smallest absolute Gasteiger partial charge is 0.316 e. The number of fused-ring (bicyclic) bond motifs is 5. The summed E-state index contributed by atoms with van der Waals surface area (Å²) >= 11 is 5.92. The normalized spacial score (nSPS) is 28.9. The van der Waals surface area contributed by atoms with Gasteiger partial charge in [-0.25, -0.2) is 4.90 Å². The van der Waals surface area contributed by atoms with Crippen LogP contribution in [-0.2, 0) is 19.2 Å². The number of hydrogen-bond acceptors (Lipinski definition) is 5. The molecule has 1 saturated carbocycles. The van der Waals surface area contributed by atoms with Gasteiger partial charge in [0.25, 0.3) is 0 Å². The van der Waals surface area contributed by atoms with Gasteiger partial charge in [0.05, 0.1) is 23.4 Å². The Bertz CT molecular complexity index is 1270. The van der Waals surface area contributed by atoms with Crippen molar-refractivity contribution in [3.05, 3.63) is 65.2 Å². The maximum Gasteiger partial charge on any atom is 0.316 e. The molecule has 2 saturated heterocycles. The van der Waals surface area contributed by atoms with Crippen LogP contribution in [0.25, 0.3) is 0 Å². The summed E-state index contributed by atoms with van der Waals surface area (Å²) in [6, 6.07) is 11.8. The number of nitrogens with zero attached hydrogens (tertiary/aromatic N) is 2. The highest BCUT2D eigenvalue weighted by Crippen LogP contribution is 2.53. The van der Waals surface area contributed by atoms with E-state index in [1.165, 1.54) is 4.90 Å². The Kier molecular flexibility index (Phi) is 5.07. The Hall–Kier alpha value is -3.45. The molecule has 5 atom stereocenters. The van der Waals surface area contributed by atoms with Crippen molar-refractivity contribution >= 4 is 46.7 Å². The summed E-state index contributed by atoms with van der Waals surface area (Å²) in [7, 11) is 0. The summed E-state index contributed by atoms with van der Waals surface area (Å²) in [5.74, 6) is -1.45. The Labute approximate surface area is 207 Å². The molecule has 4 aliphatic rings. The van der Waals surface area contributed by atoms with Crippen LogP contribution < -0.4 is 14.5 Å². The summed E-state index contributed by atoms with van der Waals surface area (Å²) in [5, 5.41) is 0.569. The van der Waals surface area contributed by atoms with Gasteiger partial charge >= 0.3 is 5.97 Å². The Balaban J connectivity index is 1.15. The number of carbonyl (C=O) groups excluding carboxylic acids is 4. The van der Waals surface area contributed by atoms with Gasteiger partial charge < -0.3 is 9.64 Å². The van der Waals surface area contributed by atoms with Crippen LogP contribution in [0.5, 0.6) is 5.75 Å². The molecule has 8 heteroatoms. The molecule has 0 radical (unpaired) electrons. The lowest BCUT2D eigenvalue weighted by Gasteiger charge is -2.20. The van der Waals surface area contributed by atoms with E-state index in [-0.39, 0.29) is 54.4 Å². The first-order valence-electron chi connectivity index (χ1n) is 11.8. The second kappa shape index (κ2) is 8.05. The van der Waals surface area contributed by atoms with Crippen molar-refractivity contribution in [1.29, 1.82) is 0 Å². The average Bonchev–Trinajstić information content (AvgIpc) is 3.59. The summed E-state index contributed by atoms with van der Waals surface area (Å²) in [5.41, 5.74) is 1.88. The second-order valence-corrected chi connectivity index (χ2v) is 10.2. The van der Waals surface area contributed by atoms with Gasteiger partial charge in [0.2, 0.25) is 17.7 Å². The Morgan fingerprint density at radius 2 is 1.63 bits per heavy atom. The first-order chi connectivity index (χ1) is 16.8. The molecule has 0 aromatic heterocycles. The molecule has 0 spiro atoms.